The quantitative estimate of drug-likeness (QED) is 0.746. The first-order valence-corrected chi connectivity index (χ1v) is 7.24. The molecule has 1 saturated carbocycles. The minimum absolute atomic E-state index is 0.0292. The zero-order chi connectivity index (χ0) is 15.5. The van der Waals surface area contributed by atoms with Gasteiger partial charge in [-0.1, -0.05) is 25.5 Å². The highest BCUT2D eigenvalue weighted by atomic mass is 16.3. The first kappa shape index (κ1) is 15.5. The van der Waals surface area contributed by atoms with Gasteiger partial charge >= 0.3 is 6.03 Å². The van der Waals surface area contributed by atoms with E-state index in [9.17, 15) is 14.7 Å². The lowest BCUT2D eigenvalue weighted by molar-refractivity contribution is 0.101. The molecule has 5 heteroatoms. The number of amides is 2. The lowest BCUT2D eigenvalue weighted by atomic mass is 9.86. The van der Waals surface area contributed by atoms with Gasteiger partial charge in [-0.25, -0.2) is 4.79 Å². The van der Waals surface area contributed by atoms with Crippen LogP contribution in [0.3, 0.4) is 0 Å². The van der Waals surface area contributed by atoms with Crippen molar-refractivity contribution >= 4 is 17.5 Å². The molecule has 0 bridgehead atoms. The zero-order valence-electron chi connectivity index (χ0n) is 12.5. The van der Waals surface area contributed by atoms with Crippen LogP contribution < -0.4 is 10.6 Å². The molecule has 21 heavy (non-hydrogen) atoms. The van der Waals surface area contributed by atoms with Crippen molar-refractivity contribution < 1.29 is 14.7 Å². The fourth-order valence-corrected chi connectivity index (χ4v) is 2.81. The van der Waals surface area contributed by atoms with Gasteiger partial charge in [0, 0.05) is 22.7 Å². The van der Waals surface area contributed by atoms with E-state index in [1.54, 1.807) is 24.3 Å². The van der Waals surface area contributed by atoms with Crippen LogP contribution in [0.5, 0.6) is 0 Å². The first-order valence-electron chi connectivity index (χ1n) is 7.24. The largest absolute Gasteiger partial charge is 0.396 e. The number of Topliss-reactive ketones (excluding diaryl/α,β-unsaturated/α-hetero) is 1. The average molecular weight is 290 g/mol. The van der Waals surface area contributed by atoms with Gasteiger partial charge in [0.1, 0.15) is 0 Å². The second-order valence-corrected chi connectivity index (χ2v) is 5.99. The molecule has 0 aliphatic heterocycles. The van der Waals surface area contributed by atoms with Crippen LogP contribution in [-0.2, 0) is 0 Å². The Bertz CT molecular complexity index is 544. The van der Waals surface area contributed by atoms with Crippen molar-refractivity contribution in [2.75, 3.05) is 11.9 Å². The van der Waals surface area contributed by atoms with Gasteiger partial charge in [-0.3, -0.25) is 4.79 Å². The van der Waals surface area contributed by atoms with Crippen LogP contribution in [0.2, 0.25) is 0 Å². The van der Waals surface area contributed by atoms with E-state index in [1.165, 1.54) is 6.92 Å². The zero-order valence-corrected chi connectivity index (χ0v) is 12.5. The number of hydrogen-bond acceptors (Lipinski definition) is 3. The Morgan fingerprint density at radius 1 is 1.43 bits per heavy atom. The molecule has 2 unspecified atom stereocenters. The minimum Gasteiger partial charge on any atom is -0.396 e. The van der Waals surface area contributed by atoms with Crippen molar-refractivity contribution in [3.8, 4) is 0 Å². The monoisotopic (exact) mass is 290 g/mol. The summed E-state index contributed by atoms with van der Waals surface area (Å²) in [5, 5.41) is 15.2. The third-order valence-electron chi connectivity index (χ3n) is 4.28. The van der Waals surface area contributed by atoms with Crippen LogP contribution in [0, 0.1) is 5.41 Å². The molecule has 1 fully saturated rings. The number of anilines is 1. The van der Waals surface area contributed by atoms with Gasteiger partial charge in [0.2, 0.25) is 0 Å². The van der Waals surface area contributed by atoms with E-state index in [0.717, 1.165) is 19.3 Å². The van der Waals surface area contributed by atoms with Gasteiger partial charge in [-0.2, -0.15) is 0 Å². The maximum Gasteiger partial charge on any atom is 0.319 e. The molecular formula is C16H22N2O3. The molecule has 0 saturated heterocycles. The molecule has 0 aromatic heterocycles. The van der Waals surface area contributed by atoms with Crippen molar-refractivity contribution in [1.82, 2.24) is 5.32 Å². The summed E-state index contributed by atoms with van der Waals surface area (Å²) in [6.45, 7) is 3.55. The lowest BCUT2D eigenvalue weighted by Crippen LogP contribution is -2.46. The third kappa shape index (κ3) is 3.61. The molecule has 2 amide bonds. The Morgan fingerprint density at radius 3 is 2.86 bits per heavy atom. The van der Waals surface area contributed by atoms with Crippen LogP contribution >= 0.6 is 0 Å². The van der Waals surface area contributed by atoms with Crippen molar-refractivity contribution in [1.29, 1.82) is 0 Å². The number of aliphatic hydroxyl groups excluding tert-OH is 1. The molecule has 0 heterocycles. The Morgan fingerprint density at radius 2 is 2.19 bits per heavy atom. The van der Waals surface area contributed by atoms with Crippen LogP contribution in [0.25, 0.3) is 0 Å². The van der Waals surface area contributed by atoms with Crippen LogP contribution in [0.4, 0.5) is 10.5 Å². The maximum absolute atomic E-state index is 12.1. The molecule has 1 aromatic carbocycles. The number of carbonyl (C=O) groups is 2. The van der Waals surface area contributed by atoms with Crippen molar-refractivity contribution in [3.05, 3.63) is 29.8 Å². The molecule has 114 valence electrons. The molecule has 5 nitrogen and oxygen atoms in total. The highest BCUT2D eigenvalue weighted by Crippen LogP contribution is 2.37. The van der Waals surface area contributed by atoms with Crippen molar-refractivity contribution in [2.24, 2.45) is 5.41 Å². The topological polar surface area (TPSA) is 78.4 Å². The van der Waals surface area contributed by atoms with Gasteiger partial charge in [-0.05, 0) is 31.9 Å². The summed E-state index contributed by atoms with van der Waals surface area (Å²) in [5.41, 5.74) is 0.899. The summed E-state index contributed by atoms with van der Waals surface area (Å²) in [6.07, 6.45) is 2.79. The van der Waals surface area contributed by atoms with E-state index >= 15 is 0 Å². The third-order valence-corrected chi connectivity index (χ3v) is 4.28. The van der Waals surface area contributed by atoms with E-state index in [1.807, 2.05) is 6.92 Å². The average Bonchev–Trinajstić information content (AvgIpc) is 2.81. The smallest absolute Gasteiger partial charge is 0.319 e. The number of rotatable bonds is 4. The predicted octanol–water partition coefficient (Wildman–Crippen LogP) is 2.56. The lowest BCUT2D eigenvalue weighted by Gasteiger charge is -2.30. The summed E-state index contributed by atoms with van der Waals surface area (Å²) in [5.74, 6) is -0.0392. The molecular weight excluding hydrogens is 268 g/mol. The number of aliphatic hydroxyl groups is 1. The Kier molecular flexibility index (Phi) is 4.63. The van der Waals surface area contributed by atoms with E-state index < -0.39 is 0 Å². The number of carbonyl (C=O) groups excluding carboxylic acids is 2. The Balaban J connectivity index is 1.99. The number of nitrogens with one attached hydrogen (secondary N) is 2. The number of hydrogen-bond donors (Lipinski definition) is 3. The highest BCUT2D eigenvalue weighted by Gasteiger charge is 2.39. The summed E-state index contributed by atoms with van der Waals surface area (Å²) >= 11 is 0. The minimum atomic E-state index is -0.303. The highest BCUT2D eigenvalue weighted by molar-refractivity contribution is 5.96. The fourth-order valence-electron chi connectivity index (χ4n) is 2.81. The second-order valence-electron chi connectivity index (χ2n) is 5.99. The van der Waals surface area contributed by atoms with Gasteiger partial charge in [-0.15, -0.1) is 0 Å². The van der Waals surface area contributed by atoms with Gasteiger partial charge in [0.15, 0.2) is 5.78 Å². The molecule has 2 atom stereocenters. The first-order chi connectivity index (χ1) is 9.94. The summed E-state index contributed by atoms with van der Waals surface area (Å²) in [4.78, 5) is 23.4. The summed E-state index contributed by atoms with van der Waals surface area (Å²) in [6, 6.07) is 6.51. The van der Waals surface area contributed by atoms with Gasteiger partial charge in [0.25, 0.3) is 0 Å². The van der Waals surface area contributed by atoms with E-state index in [-0.39, 0.29) is 29.9 Å². The van der Waals surface area contributed by atoms with E-state index in [2.05, 4.69) is 10.6 Å². The van der Waals surface area contributed by atoms with Gasteiger partial charge in [0.05, 0.1) is 6.61 Å². The summed E-state index contributed by atoms with van der Waals surface area (Å²) < 4.78 is 0. The van der Waals surface area contributed by atoms with Crippen molar-refractivity contribution in [2.45, 2.75) is 39.2 Å². The number of urea groups is 1. The van der Waals surface area contributed by atoms with Crippen LogP contribution in [-0.4, -0.2) is 29.6 Å². The molecule has 0 radical (unpaired) electrons. The SMILES string of the molecule is CC(=O)c1cccc(NC(=O)NC2CCCC2(C)CO)c1. The predicted molar refractivity (Wildman–Crippen MR) is 81.4 cm³/mol. The molecule has 1 aromatic rings. The number of benzene rings is 1. The Labute approximate surface area is 124 Å². The van der Waals surface area contributed by atoms with E-state index in [0.29, 0.717) is 11.3 Å². The molecule has 1 aliphatic carbocycles. The molecule has 1 aliphatic rings. The molecule has 2 rings (SSSR count). The molecule has 3 N–H and O–H groups in total. The number of ketones is 1. The molecule has 0 spiro atoms. The van der Waals surface area contributed by atoms with Crippen LogP contribution in [0.1, 0.15) is 43.5 Å². The maximum atomic E-state index is 12.1. The summed E-state index contributed by atoms with van der Waals surface area (Å²) in [7, 11) is 0. The fraction of sp³-hybridized carbons (Fsp3) is 0.500. The Hall–Kier alpha value is -1.88. The van der Waals surface area contributed by atoms with Crippen molar-refractivity contribution in [3.63, 3.8) is 0 Å². The second kappa shape index (κ2) is 6.26. The normalized spacial score (nSPS) is 24.6. The van der Waals surface area contributed by atoms with Crippen LogP contribution in [0.15, 0.2) is 24.3 Å². The van der Waals surface area contributed by atoms with Gasteiger partial charge < -0.3 is 15.7 Å². The standard InChI is InChI=1S/C16H22N2O3/c1-11(20)12-5-3-6-13(9-12)17-15(21)18-14-7-4-8-16(14,2)10-19/h3,5-6,9,14,19H,4,7-8,10H2,1-2H3,(H2,17,18,21). The van der Waals surface area contributed by atoms with E-state index in [4.69, 9.17) is 0 Å².